The smallest absolute Gasteiger partial charge is 0.276 e. The maximum atomic E-state index is 13.4. The van der Waals surface area contributed by atoms with E-state index < -0.39 is 17.6 Å². The highest BCUT2D eigenvalue weighted by Gasteiger charge is 2.47. The van der Waals surface area contributed by atoms with E-state index in [0.29, 0.717) is 25.6 Å². The van der Waals surface area contributed by atoms with Gasteiger partial charge in [-0.2, -0.15) is 0 Å². The minimum absolute atomic E-state index is 0.0594. The molecule has 9 heteroatoms. The number of aromatic nitrogens is 1. The first-order valence-electron chi connectivity index (χ1n) is 10.6. The third kappa shape index (κ3) is 3.94. The second kappa shape index (κ2) is 8.97. The van der Waals surface area contributed by atoms with Gasteiger partial charge in [0, 0.05) is 24.7 Å². The van der Waals surface area contributed by atoms with Crippen molar-refractivity contribution in [2.75, 3.05) is 13.2 Å². The number of carbonyl (C=O) groups is 2. The molecule has 1 saturated heterocycles. The SMILES string of the molecule is C/C=C\C=C(/C)CNC(=O)c1cn2c(c(OP)c1=O)C(=O)N1C3CCC[C@H]3CO[C@@H]1C2. The molecule has 2 unspecified atom stereocenters. The number of carbonyl (C=O) groups excluding carboxylic acids is 2. The van der Waals surface area contributed by atoms with Crippen LogP contribution in [0.1, 0.15) is 54.0 Å². The molecule has 3 heterocycles. The average molecular weight is 445 g/mol. The van der Waals surface area contributed by atoms with Gasteiger partial charge in [-0.05, 0) is 26.7 Å². The van der Waals surface area contributed by atoms with Gasteiger partial charge in [0.15, 0.2) is 17.7 Å². The molecule has 2 aliphatic heterocycles. The van der Waals surface area contributed by atoms with Crippen molar-refractivity contribution in [2.24, 2.45) is 5.92 Å². The van der Waals surface area contributed by atoms with Crippen LogP contribution in [-0.4, -0.2) is 46.7 Å². The van der Waals surface area contributed by atoms with Crippen molar-refractivity contribution in [2.45, 2.75) is 51.9 Å². The van der Waals surface area contributed by atoms with Gasteiger partial charge in [0.25, 0.3) is 11.8 Å². The summed E-state index contributed by atoms with van der Waals surface area (Å²) in [6, 6.07) is 0.127. The maximum Gasteiger partial charge on any atom is 0.276 e. The zero-order valence-corrected chi connectivity index (χ0v) is 19.0. The molecule has 1 saturated carbocycles. The Hall–Kier alpha value is -2.44. The fourth-order valence-electron chi connectivity index (χ4n) is 4.73. The number of pyridine rings is 1. The summed E-state index contributed by atoms with van der Waals surface area (Å²) in [7, 11) is 2.03. The lowest BCUT2D eigenvalue weighted by Crippen LogP contribution is -2.59. The Balaban J connectivity index is 1.66. The lowest BCUT2D eigenvalue weighted by molar-refractivity contribution is -0.134. The van der Waals surface area contributed by atoms with Gasteiger partial charge >= 0.3 is 0 Å². The van der Waals surface area contributed by atoms with Crippen LogP contribution in [0.25, 0.3) is 0 Å². The van der Waals surface area contributed by atoms with E-state index in [4.69, 9.17) is 9.26 Å². The van der Waals surface area contributed by atoms with E-state index in [1.165, 1.54) is 6.20 Å². The van der Waals surface area contributed by atoms with Crippen molar-refractivity contribution in [1.82, 2.24) is 14.8 Å². The molecule has 3 aliphatic rings. The summed E-state index contributed by atoms with van der Waals surface area (Å²) >= 11 is 0. The number of rotatable bonds is 5. The van der Waals surface area contributed by atoms with E-state index in [-0.39, 0.29) is 29.0 Å². The van der Waals surface area contributed by atoms with Crippen LogP contribution in [0.2, 0.25) is 0 Å². The number of allylic oxidation sites excluding steroid dienone is 3. The Labute approximate surface area is 183 Å². The lowest BCUT2D eigenvalue weighted by atomic mass is 9.98. The second-order valence-corrected chi connectivity index (χ2v) is 8.54. The Bertz CT molecular complexity index is 1020. The first kappa shape index (κ1) is 21.8. The van der Waals surface area contributed by atoms with Crippen molar-refractivity contribution < 1.29 is 18.8 Å². The highest BCUT2D eigenvalue weighted by Crippen LogP contribution is 2.39. The van der Waals surface area contributed by atoms with Gasteiger partial charge in [0.2, 0.25) is 5.43 Å². The average Bonchev–Trinajstić information content (AvgIpc) is 3.24. The van der Waals surface area contributed by atoms with Gasteiger partial charge in [0.05, 0.1) is 22.6 Å². The number of amides is 2. The predicted octanol–water partition coefficient (Wildman–Crippen LogP) is 2.25. The van der Waals surface area contributed by atoms with Crippen LogP contribution in [0.15, 0.2) is 34.8 Å². The van der Waals surface area contributed by atoms with Gasteiger partial charge in [-0.25, -0.2) is 0 Å². The Morgan fingerprint density at radius 3 is 2.94 bits per heavy atom. The topological polar surface area (TPSA) is 89.9 Å². The molecule has 31 heavy (non-hydrogen) atoms. The molecule has 2 fully saturated rings. The Kier molecular flexibility index (Phi) is 6.30. The zero-order valence-electron chi connectivity index (χ0n) is 17.8. The van der Waals surface area contributed by atoms with Crippen LogP contribution in [0, 0.1) is 5.92 Å². The molecule has 0 aromatic carbocycles. The summed E-state index contributed by atoms with van der Waals surface area (Å²) in [5.41, 5.74) is 0.463. The zero-order chi connectivity index (χ0) is 22.1. The van der Waals surface area contributed by atoms with Crippen LogP contribution in [0.4, 0.5) is 0 Å². The fraction of sp³-hybridized carbons (Fsp3) is 0.500. The molecule has 1 aromatic rings. The second-order valence-electron chi connectivity index (χ2n) is 8.30. The van der Waals surface area contributed by atoms with Crippen molar-refractivity contribution in [3.8, 4) is 5.75 Å². The summed E-state index contributed by atoms with van der Waals surface area (Å²) in [4.78, 5) is 41.0. The van der Waals surface area contributed by atoms with Crippen molar-refractivity contribution in [3.05, 3.63) is 51.5 Å². The van der Waals surface area contributed by atoms with Gasteiger partial charge in [0.1, 0.15) is 5.56 Å². The van der Waals surface area contributed by atoms with Crippen LogP contribution in [-0.2, 0) is 11.3 Å². The molecule has 0 radical (unpaired) electrons. The summed E-state index contributed by atoms with van der Waals surface area (Å²) in [6.07, 6.45) is 9.76. The molecule has 166 valence electrons. The predicted molar refractivity (Wildman–Crippen MR) is 119 cm³/mol. The molecular weight excluding hydrogens is 417 g/mol. The van der Waals surface area contributed by atoms with E-state index in [0.717, 1.165) is 24.8 Å². The van der Waals surface area contributed by atoms with Gasteiger partial charge < -0.3 is 24.0 Å². The molecule has 0 spiro atoms. The van der Waals surface area contributed by atoms with E-state index in [2.05, 4.69) is 5.32 Å². The number of nitrogens with one attached hydrogen (secondary N) is 1. The van der Waals surface area contributed by atoms with Crippen LogP contribution < -0.4 is 15.3 Å². The van der Waals surface area contributed by atoms with E-state index in [1.807, 2.05) is 41.5 Å². The molecule has 1 N–H and O–H groups in total. The van der Waals surface area contributed by atoms with Crippen LogP contribution >= 0.6 is 9.47 Å². The molecular formula is C22H28N3O5P. The molecule has 4 rings (SSSR count). The summed E-state index contributed by atoms with van der Waals surface area (Å²) in [5, 5.41) is 2.76. The minimum Gasteiger partial charge on any atom is -0.474 e. The third-order valence-corrected chi connectivity index (χ3v) is 6.52. The number of nitrogens with zero attached hydrogens (tertiary/aromatic N) is 2. The first-order chi connectivity index (χ1) is 15.0. The summed E-state index contributed by atoms with van der Waals surface area (Å²) < 4.78 is 12.9. The molecule has 2 amide bonds. The highest BCUT2D eigenvalue weighted by molar-refractivity contribution is 7.10. The van der Waals surface area contributed by atoms with Crippen LogP contribution in [0.3, 0.4) is 0 Å². The quantitative estimate of drug-likeness (QED) is 0.555. The van der Waals surface area contributed by atoms with Crippen molar-refractivity contribution in [1.29, 1.82) is 0 Å². The number of hydrogen-bond acceptors (Lipinski definition) is 5. The van der Waals surface area contributed by atoms with Crippen LogP contribution in [0.5, 0.6) is 5.75 Å². The largest absolute Gasteiger partial charge is 0.474 e. The standard InChI is InChI=1S/C22H28N3O5P/c1-3-4-6-13(2)9-23-21(27)15-10-24-11-17-25(16-8-5-7-14(16)12-29-17)22(28)18(24)20(30-31)19(15)26/h3-4,6,10,14,16-17H,5,7-9,11-12,31H2,1-2H3,(H,23,27)/b4-3-,13-6+/t14-,16?,17+/m0/s1. The normalized spacial score (nSPS) is 25.3. The Morgan fingerprint density at radius 2 is 2.19 bits per heavy atom. The summed E-state index contributed by atoms with van der Waals surface area (Å²) in [6.45, 7) is 5.09. The number of hydrogen-bond donors (Lipinski definition) is 1. The van der Waals surface area contributed by atoms with Gasteiger partial charge in [-0.15, -0.1) is 0 Å². The Morgan fingerprint density at radius 1 is 1.39 bits per heavy atom. The molecule has 8 nitrogen and oxygen atoms in total. The number of fused-ring (bicyclic) bond motifs is 4. The summed E-state index contributed by atoms with van der Waals surface area (Å²) in [5.74, 6) is -0.572. The molecule has 1 aromatic heterocycles. The number of ether oxygens (including phenoxy) is 1. The van der Waals surface area contributed by atoms with Gasteiger partial charge in [-0.1, -0.05) is 30.2 Å². The molecule has 4 atom stereocenters. The van der Waals surface area contributed by atoms with Gasteiger partial charge in [-0.3, -0.25) is 14.4 Å². The minimum atomic E-state index is -0.596. The monoisotopic (exact) mass is 445 g/mol. The molecule has 0 bridgehead atoms. The molecule has 1 aliphatic carbocycles. The van der Waals surface area contributed by atoms with E-state index in [1.54, 1.807) is 9.47 Å². The van der Waals surface area contributed by atoms with E-state index in [9.17, 15) is 14.4 Å². The maximum absolute atomic E-state index is 13.4. The highest BCUT2D eigenvalue weighted by atomic mass is 31.0. The van der Waals surface area contributed by atoms with Crippen molar-refractivity contribution >= 4 is 21.3 Å². The van der Waals surface area contributed by atoms with E-state index >= 15 is 0 Å². The fourth-order valence-corrected chi connectivity index (χ4v) is 4.95. The van der Waals surface area contributed by atoms with Crippen molar-refractivity contribution in [3.63, 3.8) is 0 Å². The lowest BCUT2D eigenvalue weighted by Gasteiger charge is -2.46. The third-order valence-electron chi connectivity index (χ3n) is 6.28. The first-order valence-corrected chi connectivity index (χ1v) is 11.1.